The van der Waals surface area contributed by atoms with E-state index in [1.54, 1.807) is 0 Å². The standard InChI is InChI=1S/C42H42N4O/c47-42(30-8-5-29(6-9-30)32-11-13-39-35(22-32)24-38-15-16-43-17-19-45(38)39)26-37-27-44-18-20-46-40-14-12-34(23-36(40)25-41(37)46)33-10-7-28-3-1-2-4-31(28)21-33/h1-14,21-23,37-38,41,43-44H,15-20,24-27H2. The maximum Gasteiger partial charge on any atom is 0.163 e. The Morgan fingerprint density at radius 2 is 1.30 bits per heavy atom. The summed E-state index contributed by atoms with van der Waals surface area (Å²) in [5, 5.41) is 9.72. The Balaban J connectivity index is 0.906. The van der Waals surface area contributed by atoms with E-state index in [9.17, 15) is 4.79 Å². The van der Waals surface area contributed by atoms with E-state index < -0.39 is 0 Å². The largest absolute Gasteiger partial charge is 0.367 e. The van der Waals surface area contributed by atoms with Crippen LogP contribution in [0, 0.1) is 5.92 Å². The normalized spacial score (nSPS) is 21.8. The Hall–Kier alpha value is -4.45. The number of hydrogen-bond acceptors (Lipinski definition) is 5. The van der Waals surface area contributed by atoms with Gasteiger partial charge < -0.3 is 20.4 Å². The average Bonchev–Trinajstić information content (AvgIpc) is 3.46. The molecule has 4 heterocycles. The molecule has 3 atom stereocenters. The molecule has 4 aliphatic rings. The third-order valence-electron chi connectivity index (χ3n) is 11.2. The summed E-state index contributed by atoms with van der Waals surface area (Å²) in [6.07, 6.45) is 3.88. The summed E-state index contributed by atoms with van der Waals surface area (Å²) < 4.78 is 0. The van der Waals surface area contributed by atoms with Gasteiger partial charge in [-0.05, 0) is 106 Å². The Morgan fingerprint density at radius 3 is 2.15 bits per heavy atom. The number of carbonyl (C=O) groups is 1. The molecule has 0 bridgehead atoms. The number of nitrogens with one attached hydrogen (secondary N) is 2. The zero-order chi connectivity index (χ0) is 31.3. The summed E-state index contributed by atoms with van der Waals surface area (Å²) in [5.74, 6) is 0.504. The first-order valence-electron chi connectivity index (χ1n) is 17.5. The monoisotopic (exact) mass is 618 g/mol. The first-order valence-corrected chi connectivity index (χ1v) is 17.5. The SMILES string of the molecule is O=C(CC1CNCCN2c3ccc(-c4ccc5ccccc5c4)cc3CC12)c1ccc(-c2ccc3c(c2)CC2CCNCCN32)cc1. The van der Waals surface area contributed by atoms with Crippen molar-refractivity contribution in [3.63, 3.8) is 0 Å². The van der Waals surface area contributed by atoms with Gasteiger partial charge in [0, 0.05) is 68.2 Å². The van der Waals surface area contributed by atoms with Gasteiger partial charge in [0.05, 0.1) is 0 Å². The Labute approximate surface area is 277 Å². The lowest BCUT2D eigenvalue weighted by atomic mass is 9.89. The molecule has 4 aliphatic heterocycles. The van der Waals surface area contributed by atoms with Crippen molar-refractivity contribution in [1.82, 2.24) is 10.6 Å². The number of hydrogen-bond donors (Lipinski definition) is 2. The molecule has 0 saturated carbocycles. The fourth-order valence-electron chi connectivity index (χ4n) is 8.76. The van der Waals surface area contributed by atoms with Crippen LogP contribution >= 0.6 is 0 Å². The highest BCUT2D eigenvalue weighted by atomic mass is 16.1. The van der Waals surface area contributed by atoms with E-state index in [2.05, 4.69) is 111 Å². The number of carbonyl (C=O) groups excluding carboxylic acids is 1. The molecule has 0 amide bonds. The third kappa shape index (κ3) is 5.32. The first-order chi connectivity index (χ1) is 23.2. The molecule has 3 unspecified atom stereocenters. The highest BCUT2D eigenvalue weighted by molar-refractivity contribution is 5.97. The van der Waals surface area contributed by atoms with Gasteiger partial charge in [0.15, 0.2) is 5.78 Å². The summed E-state index contributed by atoms with van der Waals surface area (Å²) in [4.78, 5) is 18.9. The van der Waals surface area contributed by atoms with Crippen molar-refractivity contribution in [2.24, 2.45) is 5.92 Å². The first kappa shape index (κ1) is 28.7. The van der Waals surface area contributed by atoms with Gasteiger partial charge in [-0.15, -0.1) is 0 Å². The summed E-state index contributed by atoms with van der Waals surface area (Å²) in [7, 11) is 0. The average molecular weight is 619 g/mol. The van der Waals surface area contributed by atoms with Gasteiger partial charge in [0.25, 0.3) is 0 Å². The molecule has 5 heteroatoms. The maximum atomic E-state index is 13.7. The summed E-state index contributed by atoms with van der Waals surface area (Å²) in [6.45, 7) is 6.04. The quantitative estimate of drug-likeness (QED) is 0.206. The van der Waals surface area contributed by atoms with E-state index in [0.717, 1.165) is 57.7 Å². The zero-order valence-corrected chi connectivity index (χ0v) is 26.9. The van der Waals surface area contributed by atoms with Gasteiger partial charge in [-0.3, -0.25) is 4.79 Å². The van der Waals surface area contributed by atoms with Crippen LogP contribution in [-0.4, -0.2) is 57.1 Å². The fourth-order valence-corrected chi connectivity index (χ4v) is 8.76. The zero-order valence-electron chi connectivity index (χ0n) is 26.9. The minimum absolute atomic E-state index is 0.244. The van der Waals surface area contributed by atoms with Gasteiger partial charge >= 0.3 is 0 Å². The van der Waals surface area contributed by atoms with E-state index in [4.69, 9.17) is 0 Å². The molecule has 9 rings (SSSR count). The predicted molar refractivity (Wildman–Crippen MR) is 194 cm³/mol. The Morgan fingerprint density at radius 1 is 0.638 bits per heavy atom. The lowest BCUT2D eigenvalue weighted by Gasteiger charge is -2.30. The van der Waals surface area contributed by atoms with E-state index in [-0.39, 0.29) is 11.7 Å². The van der Waals surface area contributed by atoms with Gasteiger partial charge in [-0.2, -0.15) is 0 Å². The Kier molecular flexibility index (Phi) is 7.32. The van der Waals surface area contributed by atoms with Crippen molar-refractivity contribution in [2.75, 3.05) is 49.1 Å². The predicted octanol–water partition coefficient (Wildman–Crippen LogP) is 7.12. The summed E-state index contributed by atoms with van der Waals surface area (Å²) in [5.41, 5.74) is 11.4. The van der Waals surface area contributed by atoms with E-state index in [1.807, 2.05) is 12.1 Å². The molecule has 0 radical (unpaired) electrons. The second-order valence-electron chi connectivity index (χ2n) is 14.0. The van der Waals surface area contributed by atoms with Crippen LogP contribution in [0.1, 0.15) is 34.3 Å². The Bertz CT molecular complexity index is 1970. The van der Waals surface area contributed by atoms with Crippen molar-refractivity contribution >= 4 is 27.9 Å². The molecule has 2 fully saturated rings. The number of Topliss-reactive ketones (excluding diaryl/α,β-unsaturated/α-hetero) is 1. The summed E-state index contributed by atoms with van der Waals surface area (Å²) in [6, 6.07) is 38.6. The number of benzene rings is 5. The summed E-state index contributed by atoms with van der Waals surface area (Å²) >= 11 is 0. The number of nitrogens with zero attached hydrogens (tertiary/aromatic N) is 2. The molecule has 5 aromatic rings. The van der Waals surface area contributed by atoms with Crippen molar-refractivity contribution in [3.05, 3.63) is 120 Å². The molecule has 0 spiro atoms. The molecule has 2 N–H and O–H groups in total. The van der Waals surface area contributed by atoms with Crippen LogP contribution < -0.4 is 20.4 Å². The second kappa shape index (κ2) is 12.0. The number of ketones is 1. The van der Waals surface area contributed by atoms with Gasteiger partial charge in [-0.25, -0.2) is 0 Å². The highest BCUT2D eigenvalue weighted by Gasteiger charge is 2.37. The molecule has 47 heavy (non-hydrogen) atoms. The highest BCUT2D eigenvalue weighted by Crippen LogP contribution is 2.40. The molecular weight excluding hydrogens is 576 g/mol. The van der Waals surface area contributed by atoms with E-state index >= 15 is 0 Å². The smallest absolute Gasteiger partial charge is 0.163 e. The van der Waals surface area contributed by atoms with Gasteiger partial charge in [0.2, 0.25) is 0 Å². The number of fused-ring (bicyclic) bond motifs is 7. The van der Waals surface area contributed by atoms with E-state index in [0.29, 0.717) is 18.5 Å². The van der Waals surface area contributed by atoms with Gasteiger partial charge in [0.1, 0.15) is 0 Å². The van der Waals surface area contributed by atoms with Crippen molar-refractivity contribution in [3.8, 4) is 22.3 Å². The minimum atomic E-state index is 0.244. The molecule has 5 nitrogen and oxygen atoms in total. The molecule has 0 aromatic heterocycles. The maximum absolute atomic E-state index is 13.7. The second-order valence-corrected chi connectivity index (χ2v) is 14.0. The van der Waals surface area contributed by atoms with Crippen LogP contribution in [0.3, 0.4) is 0 Å². The topological polar surface area (TPSA) is 47.6 Å². The molecule has 0 aliphatic carbocycles. The van der Waals surface area contributed by atoms with Crippen LogP contribution in [-0.2, 0) is 12.8 Å². The molecule has 236 valence electrons. The fraction of sp³-hybridized carbons (Fsp3) is 0.310. The number of anilines is 2. The minimum Gasteiger partial charge on any atom is -0.367 e. The lowest BCUT2D eigenvalue weighted by Crippen LogP contribution is -2.39. The van der Waals surface area contributed by atoms with Crippen LogP contribution in [0.2, 0.25) is 0 Å². The number of rotatable bonds is 5. The van der Waals surface area contributed by atoms with E-state index in [1.165, 1.54) is 61.9 Å². The van der Waals surface area contributed by atoms with Crippen LogP contribution in [0.4, 0.5) is 11.4 Å². The van der Waals surface area contributed by atoms with Crippen LogP contribution in [0.25, 0.3) is 33.0 Å². The van der Waals surface area contributed by atoms with Crippen molar-refractivity contribution < 1.29 is 4.79 Å². The lowest BCUT2D eigenvalue weighted by molar-refractivity contribution is 0.0955. The molecule has 5 aromatic carbocycles. The van der Waals surface area contributed by atoms with Crippen LogP contribution in [0.15, 0.2) is 103 Å². The molecular formula is C42H42N4O. The molecule has 2 saturated heterocycles. The third-order valence-corrected chi connectivity index (χ3v) is 11.2. The van der Waals surface area contributed by atoms with Gasteiger partial charge in [-0.1, -0.05) is 72.8 Å². The van der Waals surface area contributed by atoms with Crippen molar-refractivity contribution in [2.45, 2.75) is 37.8 Å². The van der Waals surface area contributed by atoms with Crippen molar-refractivity contribution in [1.29, 1.82) is 0 Å². The van der Waals surface area contributed by atoms with Crippen LogP contribution in [0.5, 0.6) is 0 Å².